The highest BCUT2D eigenvalue weighted by Gasteiger charge is 2.17. The summed E-state index contributed by atoms with van der Waals surface area (Å²) >= 11 is 0. The molecule has 116 valence electrons. The van der Waals surface area contributed by atoms with Gasteiger partial charge in [-0.2, -0.15) is 5.10 Å². The van der Waals surface area contributed by atoms with Gasteiger partial charge < -0.3 is 5.32 Å². The van der Waals surface area contributed by atoms with Gasteiger partial charge in [0, 0.05) is 23.2 Å². The summed E-state index contributed by atoms with van der Waals surface area (Å²) < 4.78 is 0. The number of nitrogens with zero attached hydrogens (tertiary/aromatic N) is 2. The predicted octanol–water partition coefficient (Wildman–Crippen LogP) is 3.34. The van der Waals surface area contributed by atoms with Crippen LogP contribution in [-0.2, 0) is 0 Å². The number of nitro benzene ring substituents is 1. The first kappa shape index (κ1) is 14.7. The van der Waals surface area contributed by atoms with Crippen LogP contribution in [0, 0.1) is 24.0 Å². The molecule has 3 rings (SSSR count). The van der Waals surface area contributed by atoms with Crippen LogP contribution in [0.3, 0.4) is 0 Å². The van der Waals surface area contributed by atoms with E-state index in [0.717, 1.165) is 11.1 Å². The molecule has 3 aromatic rings. The molecule has 0 fully saturated rings. The molecule has 0 unspecified atom stereocenters. The van der Waals surface area contributed by atoms with Crippen LogP contribution >= 0.6 is 0 Å². The Labute approximate surface area is 131 Å². The van der Waals surface area contributed by atoms with E-state index < -0.39 is 10.8 Å². The lowest BCUT2D eigenvalue weighted by atomic mass is 10.1. The van der Waals surface area contributed by atoms with Crippen molar-refractivity contribution in [3.8, 4) is 0 Å². The lowest BCUT2D eigenvalue weighted by Gasteiger charge is -2.06. The molecule has 1 amide bonds. The van der Waals surface area contributed by atoms with Crippen LogP contribution in [0.4, 0.5) is 11.4 Å². The first-order valence-corrected chi connectivity index (χ1v) is 6.97. The Morgan fingerprint density at radius 2 is 1.96 bits per heavy atom. The number of aromatic amines is 1. The molecule has 7 nitrogen and oxygen atoms in total. The summed E-state index contributed by atoms with van der Waals surface area (Å²) in [5.74, 6) is -0.417. The van der Waals surface area contributed by atoms with E-state index in [1.165, 1.54) is 18.2 Å². The van der Waals surface area contributed by atoms with E-state index in [2.05, 4.69) is 15.5 Å². The summed E-state index contributed by atoms with van der Waals surface area (Å²) in [5, 5.41) is 20.7. The largest absolute Gasteiger partial charge is 0.321 e. The first-order chi connectivity index (χ1) is 11.0. The number of hydrogen-bond acceptors (Lipinski definition) is 4. The van der Waals surface area contributed by atoms with Gasteiger partial charge in [-0.3, -0.25) is 20.0 Å². The van der Waals surface area contributed by atoms with Gasteiger partial charge in [-0.1, -0.05) is 6.07 Å². The van der Waals surface area contributed by atoms with E-state index >= 15 is 0 Å². The smallest absolute Gasteiger partial charge is 0.276 e. The van der Waals surface area contributed by atoms with Gasteiger partial charge in [-0.05, 0) is 43.2 Å². The zero-order valence-corrected chi connectivity index (χ0v) is 12.6. The standard InChI is InChI=1S/C16H14N4O3/c1-9-3-4-11(7-10(9)2)17-16(21)15-13-8-12(20(22)23)5-6-14(13)18-19-15/h3-8H,1-2H3,(H,17,21)(H,18,19). The molecule has 0 spiro atoms. The minimum Gasteiger partial charge on any atom is -0.321 e. The number of aryl methyl sites for hydroxylation is 2. The summed E-state index contributed by atoms with van der Waals surface area (Å²) in [6.45, 7) is 3.94. The number of non-ortho nitro benzene ring substituents is 1. The van der Waals surface area contributed by atoms with Crippen molar-refractivity contribution < 1.29 is 9.72 Å². The summed E-state index contributed by atoms with van der Waals surface area (Å²) in [6, 6.07) is 9.83. The van der Waals surface area contributed by atoms with Crippen molar-refractivity contribution in [2.24, 2.45) is 0 Å². The molecule has 0 saturated carbocycles. The van der Waals surface area contributed by atoms with Crippen molar-refractivity contribution in [3.05, 3.63) is 63.3 Å². The fourth-order valence-corrected chi connectivity index (χ4v) is 2.30. The summed E-state index contributed by atoms with van der Waals surface area (Å²) in [5.41, 5.74) is 3.45. The Balaban J connectivity index is 1.95. The van der Waals surface area contributed by atoms with Crippen LogP contribution in [-0.4, -0.2) is 21.0 Å². The molecule has 0 radical (unpaired) electrons. The molecular formula is C16H14N4O3. The van der Waals surface area contributed by atoms with Gasteiger partial charge in [0.05, 0.1) is 10.4 Å². The topological polar surface area (TPSA) is 101 Å². The summed E-state index contributed by atoms with van der Waals surface area (Å²) in [7, 11) is 0. The van der Waals surface area contributed by atoms with E-state index in [-0.39, 0.29) is 11.4 Å². The normalized spacial score (nSPS) is 10.7. The lowest BCUT2D eigenvalue weighted by Crippen LogP contribution is -2.13. The second kappa shape index (κ2) is 5.53. The number of hydrogen-bond donors (Lipinski definition) is 2. The Morgan fingerprint density at radius 3 is 2.65 bits per heavy atom. The highest BCUT2D eigenvalue weighted by Crippen LogP contribution is 2.23. The van der Waals surface area contributed by atoms with Crippen molar-refractivity contribution in [1.82, 2.24) is 10.2 Å². The number of nitrogens with one attached hydrogen (secondary N) is 2. The SMILES string of the molecule is Cc1ccc(NC(=O)c2n[nH]c3ccc([N+](=O)[O-])cc23)cc1C. The average molecular weight is 310 g/mol. The van der Waals surface area contributed by atoms with Crippen molar-refractivity contribution >= 4 is 28.2 Å². The van der Waals surface area contributed by atoms with Crippen molar-refractivity contribution in [3.63, 3.8) is 0 Å². The molecule has 0 aliphatic rings. The molecule has 0 atom stereocenters. The summed E-state index contributed by atoms with van der Waals surface area (Å²) in [4.78, 5) is 22.8. The third kappa shape index (κ3) is 2.76. The second-order valence-corrected chi connectivity index (χ2v) is 5.31. The predicted molar refractivity (Wildman–Crippen MR) is 86.6 cm³/mol. The number of amides is 1. The van der Waals surface area contributed by atoms with Crippen molar-refractivity contribution in [2.45, 2.75) is 13.8 Å². The van der Waals surface area contributed by atoms with Gasteiger partial charge in [0.25, 0.3) is 11.6 Å². The lowest BCUT2D eigenvalue weighted by molar-refractivity contribution is -0.384. The quantitative estimate of drug-likeness (QED) is 0.572. The second-order valence-electron chi connectivity index (χ2n) is 5.31. The van der Waals surface area contributed by atoms with Gasteiger partial charge in [-0.15, -0.1) is 0 Å². The minimum atomic E-state index is -0.503. The molecule has 1 heterocycles. The summed E-state index contributed by atoms with van der Waals surface area (Å²) in [6.07, 6.45) is 0. The molecule has 0 saturated heterocycles. The molecule has 2 N–H and O–H groups in total. The molecule has 0 bridgehead atoms. The van der Waals surface area contributed by atoms with Crippen LogP contribution in [0.25, 0.3) is 10.9 Å². The number of rotatable bonds is 3. The maximum atomic E-state index is 12.4. The molecule has 23 heavy (non-hydrogen) atoms. The molecule has 2 aromatic carbocycles. The van der Waals surface area contributed by atoms with E-state index in [4.69, 9.17) is 0 Å². The fraction of sp³-hybridized carbons (Fsp3) is 0.125. The van der Waals surface area contributed by atoms with Crippen LogP contribution in [0.15, 0.2) is 36.4 Å². The number of carbonyl (C=O) groups is 1. The molecule has 7 heteroatoms. The van der Waals surface area contributed by atoms with Gasteiger partial charge in [0.2, 0.25) is 0 Å². The fourth-order valence-electron chi connectivity index (χ4n) is 2.30. The van der Waals surface area contributed by atoms with Crippen LogP contribution in [0.1, 0.15) is 21.6 Å². The molecule has 1 aromatic heterocycles. The molecular weight excluding hydrogens is 296 g/mol. The number of anilines is 1. The van der Waals surface area contributed by atoms with Gasteiger partial charge in [0.15, 0.2) is 5.69 Å². The Bertz CT molecular complexity index is 930. The maximum Gasteiger partial charge on any atom is 0.276 e. The zero-order valence-electron chi connectivity index (χ0n) is 12.6. The average Bonchev–Trinajstić information content (AvgIpc) is 2.94. The Morgan fingerprint density at radius 1 is 1.17 bits per heavy atom. The highest BCUT2D eigenvalue weighted by atomic mass is 16.6. The number of carbonyl (C=O) groups excluding carboxylic acids is 1. The van der Waals surface area contributed by atoms with E-state index in [1.54, 1.807) is 6.07 Å². The Hall–Kier alpha value is -3.22. The highest BCUT2D eigenvalue weighted by molar-refractivity contribution is 6.11. The van der Waals surface area contributed by atoms with Gasteiger partial charge in [0.1, 0.15) is 0 Å². The number of H-pyrrole nitrogens is 1. The Kier molecular flexibility index (Phi) is 3.53. The van der Waals surface area contributed by atoms with Crippen LogP contribution < -0.4 is 5.32 Å². The number of benzene rings is 2. The maximum absolute atomic E-state index is 12.4. The van der Waals surface area contributed by atoms with E-state index in [0.29, 0.717) is 16.6 Å². The van der Waals surface area contributed by atoms with Gasteiger partial charge >= 0.3 is 0 Å². The molecule has 0 aliphatic heterocycles. The van der Waals surface area contributed by atoms with Crippen molar-refractivity contribution in [1.29, 1.82) is 0 Å². The van der Waals surface area contributed by atoms with Crippen molar-refractivity contribution in [2.75, 3.05) is 5.32 Å². The molecule has 0 aliphatic carbocycles. The monoisotopic (exact) mass is 310 g/mol. The van der Waals surface area contributed by atoms with E-state index in [1.807, 2.05) is 26.0 Å². The van der Waals surface area contributed by atoms with Crippen LogP contribution in [0.5, 0.6) is 0 Å². The third-order valence-electron chi connectivity index (χ3n) is 3.74. The van der Waals surface area contributed by atoms with E-state index in [9.17, 15) is 14.9 Å². The number of aromatic nitrogens is 2. The minimum absolute atomic E-state index is 0.0841. The zero-order chi connectivity index (χ0) is 16.6. The van der Waals surface area contributed by atoms with Gasteiger partial charge in [-0.25, -0.2) is 0 Å². The first-order valence-electron chi connectivity index (χ1n) is 6.97. The third-order valence-corrected chi connectivity index (χ3v) is 3.74. The van der Waals surface area contributed by atoms with Crippen LogP contribution in [0.2, 0.25) is 0 Å². The number of fused-ring (bicyclic) bond motifs is 1. The number of nitro groups is 1.